The minimum Gasteiger partial charge on any atom is -0.394 e. The molecule has 0 radical (unpaired) electrons. The summed E-state index contributed by atoms with van der Waals surface area (Å²) in [6, 6.07) is 0. The van der Waals surface area contributed by atoms with Crippen LogP contribution >= 0.6 is 0 Å². The molecule has 0 amide bonds. The first-order chi connectivity index (χ1) is 37.3. The van der Waals surface area contributed by atoms with E-state index in [0.29, 0.717) is 66.1 Å². The number of hydrogen-bond donors (Lipinski definition) is 1. The highest BCUT2D eigenvalue weighted by Crippen LogP contribution is 2.69. The van der Waals surface area contributed by atoms with Gasteiger partial charge < -0.3 is 61.9 Å². The summed E-state index contributed by atoms with van der Waals surface area (Å²) in [7, 11) is 0. The SMILES string of the molecule is OCCOCCOCCOCCOCCOCCOCCOCCOCCOCCOCCOCCOCCC(F)(F)C(F)(F)C(F)(F)C(F)(F)C(F)(F)C(F)(F)C(F)(F)C(F)(F)C(F)(F)C(F)(F)C(F)(F)C(F)(F)C(F)(F)C(F)(F)F. The number of rotatable bonds is 50. The van der Waals surface area contributed by atoms with Crippen LogP contribution in [0.2, 0.25) is 0 Å². The molecule has 0 heterocycles. The Hall–Kier alpha value is -2.55. The lowest BCUT2D eigenvalue weighted by Gasteiger charge is -2.46. The molecule has 494 valence electrons. The molecule has 0 aromatic heterocycles. The van der Waals surface area contributed by atoms with Crippen LogP contribution in [0.5, 0.6) is 0 Å². The van der Waals surface area contributed by atoms with E-state index in [1.54, 1.807) is 0 Å². The highest BCUT2D eigenvalue weighted by Gasteiger charge is 3.00. The molecule has 0 unspecified atom stereocenters. The molecule has 0 rings (SSSR count). The first kappa shape index (κ1) is 79.5. The van der Waals surface area contributed by atoms with Gasteiger partial charge in [0.25, 0.3) is 0 Å². The van der Waals surface area contributed by atoms with Crippen molar-refractivity contribution in [2.45, 2.75) is 89.6 Å². The second kappa shape index (κ2) is 33.0. The molecular weight excluding hydrogens is 1240 g/mol. The van der Waals surface area contributed by atoms with E-state index >= 15 is 0 Å². The molecule has 0 saturated heterocycles. The Bertz CT molecular complexity index is 1750. The molecule has 0 aliphatic rings. The van der Waals surface area contributed by atoms with Crippen molar-refractivity contribution < 1.29 is 189 Å². The molecule has 0 aliphatic carbocycles. The minimum atomic E-state index is -9.97. The van der Waals surface area contributed by atoms with Gasteiger partial charge in [0.2, 0.25) is 0 Å². The molecule has 13 nitrogen and oxygen atoms in total. The van der Waals surface area contributed by atoms with Crippen LogP contribution in [0.15, 0.2) is 0 Å². The van der Waals surface area contributed by atoms with Crippen LogP contribution in [0.1, 0.15) is 6.42 Å². The van der Waals surface area contributed by atoms with Crippen LogP contribution in [-0.2, 0) is 56.8 Å². The normalized spacial score (nSPS) is 14.9. The lowest BCUT2D eigenvalue weighted by Crippen LogP contribution is -2.79. The van der Waals surface area contributed by atoms with Crippen molar-refractivity contribution in [2.24, 2.45) is 0 Å². The molecule has 82 heavy (non-hydrogen) atoms. The molecular formula is C40H53F29O13. The van der Waals surface area contributed by atoms with Gasteiger partial charge in [0.1, 0.15) is 0 Å². The fourth-order valence-electron chi connectivity index (χ4n) is 5.32. The average Bonchev–Trinajstić information content (AvgIpc) is 3.36. The molecule has 1 N–H and O–H groups in total. The molecule has 0 aromatic rings. The number of aliphatic hydroxyl groups is 1. The summed E-state index contributed by atoms with van der Waals surface area (Å²) >= 11 is 0. The number of hydrogen-bond acceptors (Lipinski definition) is 13. The topological polar surface area (TPSA) is 131 Å². The van der Waals surface area contributed by atoms with E-state index in [4.69, 9.17) is 57.2 Å². The quantitative estimate of drug-likeness (QED) is 0.0459. The summed E-state index contributed by atoms with van der Waals surface area (Å²) in [6.07, 6.45) is -11.4. The third-order valence-corrected chi connectivity index (χ3v) is 10.0. The highest BCUT2D eigenvalue weighted by molar-refractivity contribution is 5.21. The van der Waals surface area contributed by atoms with E-state index in [0.717, 1.165) is 0 Å². The maximum Gasteiger partial charge on any atom is 0.460 e. The third-order valence-electron chi connectivity index (χ3n) is 10.0. The lowest BCUT2D eigenvalue weighted by molar-refractivity contribution is -0.487. The van der Waals surface area contributed by atoms with E-state index in [1.807, 2.05) is 0 Å². The van der Waals surface area contributed by atoms with Crippen molar-refractivity contribution in [3.8, 4) is 0 Å². The van der Waals surface area contributed by atoms with Gasteiger partial charge in [-0.1, -0.05) is 0 Å². The van der Waals surface area contributed by atoms with Gasteiger partial charge in [0.05, 0.1) is 165 Å². The summed E-state index contributed by atoms with van der Waals surface area (Å²) < 4.78 is 460. The molecule has 42 heteroatoms. The first-order valence-electron chi connectivity index (χ1n) is 22.8. The molecule has 0 aliphatic heterocycles. The zero-order valence-electron chi connectivity index (χ0n) is 41.7. The van der Waals surface area contributed by atoms with Gasteiger partial charge in [0, 0.05) is 6.42 Å². The van der Waals surface area contributed by atoms with E-state index in [9.17, 15) is 127 Å². The van der Waals surface area contributed by atoms with Crippen molar-refractivity contribution >= 4 is 0 Å². The van der Waals surface area contributed by atoms with Crippen LogP contribution in [0.3, 0.4) is 0 Å². The van der Waals surface area contributed by atoms with Crippen molar-refractivity contribution in [1.82, 2.24) is 0 Å². The van der Waals surface area contributed by atoms with Gasteiger partial charge in [-0.3, -0.25) is 0 Å². The largest absolute Gasteiger partial charge is 0.460 e. The molecule has 0 atom stereocenters. The number of aliphatic hydroxyl groups excluding tert-OH is 1. The number of alkyl halides is 29. The van der Waals surface area contributed by atoms with Gasteiger partial charge in [-0.05, 0) is 0 Å². The van der Waals surface area contributed by atoms with Crippen LogP contribution in [0.25, 0.3) is 0 Å². The zero-order valence-corrected chi connectivity index (χ0v) is 41.7. The number of halogens is 29. The Labute approximate surface area is 444 Å². The first-order valence-corrected chi connectivity index (χ1v) is 22.8. The Kier molecular flexibility index (Phi) is 32.0. The summed E-state index contributed by atoms with van der Waals surface area (Å²) in [4.78, 5) is 0. The van der Waals surface area contributed by atoms with Crippen LogP contribution in [-0.4, -0.2) is 253 Å². The molecule has 0 aromatic carbocycles. The Morgan fingerprint density at radius 2 is 0.305 bits per heavy atom. The van der Waals surface area contributed by atoms with Crippen molar-refractivity contribution in [3.05, 3.63) is 0 Å². The average molecular weight is 1290 g/mol. The summed E-state index contributed by atoms with van der Waals surface area (Å²) in [6.45, 7) is 0.418. The standard InChI is InChI=1S/C40H53F29O13/c41-27(42,1-3-71-5-7-73-9-11-75-13-15-77-17-19-79-21-23-81-25-26-82-24-22-80-20-18-78-16-14-76-12-10-74-8-6-72-4-2-70)28(43,44)29(45,46)30(47,48)31(49,50)32(51,52)33(53,54)34(55,56)35(57,58)36(59,60)37(61,62)38(63,64)39(65,66)40(67,68)69/h70H,1-26H2. The van der Waals surface area contributed by atoms with Crippen molar-refractivity contribution in [1.29, 1.82) is 0 Å². The van der Waals surface area contributed by atoms with E-state index in [1.165, 1.54) is 0 Å². The van der Waals surface area contributed by atoms with Gasteiger partial charge in [-0.2, -0.15) is 127 Å². The van der Waals surface area contributed by atoms with Gasteiger partial charge >= 0.3 is 83.2 Å². The van der Waals surface area contributed by atoms with Gasteiger partial charge in [-0.15, -0.1) is 0 Å². The molecule has 0 saturated carbocycles. The highest BCUT2D eigenvalue weighted by atomic mass is 19.4. The lowest BCUT2D eigenvalue weighted by atomic mass is 9.83. The van der Waals surface area contributed by atoms with E-state index in [-0.39, 0.29) is 79.3 Å². The van der Waals surface area contributed by atoms with E-state index in [2.05, 4.69) is 4.74 Å². The fourth-order valence-corrected chi connectivity index (χ4v) is 5.32. The van der Waals surface area contributed by atoms with Crippen molar-refractivity contribution in [3.63, 3.8) is 0 Å². The van der Waals surface area contributed by atoms with Crippen LogP contribution in [0, 0.1) is 0 Å². The predicted molar refractivity (Wildman–Crippen MR) is 212 cm³/mol. The van der Waals surface area contributed by atoms with Crippen LogP contribution < -0.4 is 0 Å². The summed E-state index contributed by atoms with van der Waals surface area (Å²) in [5.41, 5.74) is 0. The van der Waals surface area contributed by atoms with Gasteiger partial charge in [-0.25, -0.2) is 0 Å². The Morgan fingerprint density at radius 3 is 0.463 bits per heavy atom. The fraction of sp³-hybridized carbons (Fsp3) is 1.00. The van der Waals surface area contributed by atoms with Crippen LogP contribution in [0.4, 0.5) is 127 Å². The van der Waals surface area contributed by atoms with E-state index < -0.39 is 109 Å². The van der Waals surface area contributed by atoms with Crippen molar-refractivity contribution in [2.75, 3.05) is 165 Å². The Balaban J connectivity index is 4.72. The molecule has 0 spiro atoms. The predicted octanol–water partition coefficient (Wildman–Crippen LogP) is 9.39. The summed E-state index contributed by atoms with van der Waals surface area (Å²) in [5.74, 6) is -121. The maximum atomic E-state index is 14.2. The maximum absolute atomic E-state index is 14.2. The van der Waals surface area contributed by atoms with Gasteiger partial charge in [0.15, 0.2) is 0 Å². The minimum absolute atomic E-state index is 0.0111. The smallest absolute Gasteiger partial charge is 0.394 e. The molecule has 0 bridgehead atoms. The third kappa shape index (κ3) is 19.0. The molecule has 0 fully saturated rings. The second-order valence-electron chi connectivity index (χ2n) is 15.9. The Morgan fingerprint density at radius 1 is 0.171 bits per heavy atom. The second-order valence-corrected chi connectivity index (χ2v) is 15.9. The monoisotopic (exact) mass is 1290 g/mol. The zero-order chi connectivity index (χ0) is 63.9. The number of ether oxygens (including phenoxy) is 12. The summed E-state index contributed by atoms with van der Waals surface area (Å²) in [5, 5.41) is 8.57.